The molecule has 0 radical (unpaired) electrons. The van der Waals surface area contributed by atoms with Gasteiger partial charge >= 0.3 is 0 Å². The maximum Gasteiger partial charge on any atom is -0.00967 e. The molecular formula is C56H64. The molecule has 0 amide bonds. The molecule has 0 bridgehead atoms. The zero-order valence-corrected chi connectivity index (χ0v) is 33.7. The second kappa shape index (κ2) is 13.2. The van der Waals surface area contributed by atoms with E-state index in [9.17, 15) is 0 Å². The van der Waals surface area contributed by atoms with Gasteiger partial charge in [0.15, 0.2) is 0 Å². The maximum absolute atomic E-state index is 2.64. The Morgan fingerprint density at radius 3 is 1.04 bits per heavy atom. The number of hydrogen-bond donors (Lipinski definition) is 0. The van der Waals surface area contributed by atoms with Gasteiger partial charge in [0, 0.05) is 0 Å². The Hall–Kier alpha value is -3.12. The van der Waals surface area contributed by atoms with Crippen molar-refractivity contribution in [2.45, 2.75) is 102 Å². The van der Waals surface area contributed by atoms with Gasteiger partial charge in [0.05, 0.1) is 0 Å². The lowest BCUT2D eigenvalue weighted by molar-refractivity contribution is -0.169. The van der Waals surface area contributed by atoms with Crippen LogP contribution in [0.1, 0.15) is 113 Å². The standard InChI is InChI=1S/C56H64/c1-3-9-33(10-4-1)35-15-19-39(20-16-35)50-41-13-7-8-14-42(41)51(40-21-17-36(18-22-40)34-11-5-2-6-12-34)56-48-32-30-46-44-28-26-38-24-23-37-25-27-43(52(44)49(37)38)45-29-31-47(55(50)56)54(48)53(45)46/h1-6,9-12,15-22,37-38,41-56H,7-8,13-14,23-32H2. The highest BCUT2D eigenvalue weighted by atomic mass is 14.7. The van der Waals surface area contributed by atoms with E-state index in [1.807, 2.05) is 0 Å². The van der Waals surface area contributed by atoms with E-state index in [4.69, 9.17) is 0 Å². The van der Waals surface area contributed by atoms with Crippen LogP contribution >= 0.6 is 0 Å². The Morgan fingerprint density at radius 2 is 0.589 bits per heavy atom. The van der Waals surface area contributed by atoms with Crippen LogP contribution in [-0.2, 0) is 0 Å². The van der Waals surface area contributed by atoms with E-state index in [0.717, 1.165) is 107 Å². The highest BCUT2D eigenvalue weighted by molar-refractivity contribution is 5.64. The largest absolute Gasteiger partial charge is 0.0622 e. The Kier molecular flexibility index (Phi) is 7.97. The van der Waals surface area contributed by atoms with Crippen molar-refractivity contribution < 1.29 is 0 Å². The predicted molar refractivity (Wildman–Crippen MR) is 230 cm³/mol. The molecular weight excluding hydrogens is 673 g/mol. The smallest absolute Gasteiger partial charge is 0.00967 e. The van der Waals surface area contributed by atoms with Crippen LogP contribution in [-0.4, -0.2) is 0 Å². The molecule has 288 valence electrons. The lowest BCUT2D eigenvalue weighted by Crippen LogP contribution is -2.59. The molecule has 4 aromatic carbocycles. The van der Waals surface area contributed by atoms with Crippen LogP contribution in [0.4, 0.5) is 0 Å². The zero-order valence-electron chi connectivity index (χ0n) is 33.7. The van der Waals surface area contributed by atoms with Crippen LogP contribution in [0.2, 0.25) is 0 Å². The summed E-state index contributed by atoms with van der Waals surface area (Å²) in [5, 5.41) is 0. The third-order valence-corrected chi connectivity index (χ3v) is 20.2. The zero-order chi connectivity index (χ0) is 36.5. The van der Waals surface area contributed by atoms with Crippen molar-refractivity contribution in [3.05, 3.63) is 120 Å². The van der Waals surface area contributed by atoms with Gasteiger partial charge in [-0.15, -0.1) is 0 Å². The van der Waals surface area contributed by atoms with Crippen LogP contribution in [0.25, 0.3) is 22.3 Å². The summed E-state index contributed by atoms with van der Waals surface area (Å²) in [5.74, 6) is 17.5. The van der Waals surface area contributed by atoms with Crippen LogP contribution < -0.4 is 0 Å². The summed E-state index contributed by atoms with van der Waals surface area (Å²) in [6.45, 7) is 0. The Labute approximate surface area is 337 Å². The van der Waals surface area contributed by atoms with Crippen LogP contribution in [0.3, 0.4) is 0 Å². The van der Waals surface area contributed by atoms with Gasteiger partial charge in [-0.1, -0.05) is 122 Å². The van der Waals surface area contributed by atoms with Gasteiger partial charge in [-0.05, 0) is 217 Å². The van der Waals surface area contributed by atoms with Crippen molar-refractivity contribution >= 4 is 0 Å². The molecule has 0 nitrogen and oxygen atoms in total. The summed E-state index contributed by atoms with van der Waals surface area (Å²) in [6.07, 6.45) is 21.6. The summed E-state index contributed by atoms with van der Waals surface area (Å²) in [6, 6.07) is 43.0. The average molecular weight is 737 g/mol. The molecule has 9 saturated carbocycles. The number of benzene rings is 4. The Morgan fingerprint density at radius 1 is 0.250 bits per heavy atom. The van der Waals surface area contributed by atoms with Crippen molar-refractivity contribution in [3.63, 3.8) is 0 Å². The van der Waals surface area contributed by atoms with E-state index in [1.165, 1.54) is 47.9 Å². The summed E-state index contributed by atoms with van der Waals surface area (Å²) in [7, 11) is 0. The first-order valence-corrected chi connectivity index (χ1v) is 24.1. The van der Waals surface area contributed by atoms with Crippen LogP contribution in [0.15, 0.2) is 109 Å². The minimum atomic E-state index is 0.737. The molecule has 0 saturated heterocycles. The molecule has 9 aliphatic rings. The molecule has 9 fully saturated rings. The maximum atomic E-state index is 2.64. The highest BCUT2D eigenvalue weighted by Gasteiger charge is 2.70. The van der Waals surface area contributed by atoms with Crippen molar-refractivity contribution in [1.82, 2.24) is 0 Å². The van der Waals surface area contributed by atoms with Crippen LogP contribution in [0, 0.1) is 94.7 Å². The third kappa shape index (κ3) is 4.89. The molecule has 4 aromatic rings. The Balaban J connectivity index is 0.928. The first-order chi connectivity index (χ1) is 27.8. The molecule has 0 aliphatic heterocycles. The second-order valence-electron chi connectivity index (χ2n) is 21.5. The minimum Gasteiger partial charge on any atom is -0.0622 e. The van der Waals surface area contributed by atoms with Gasteiger partial charge in [-0.25, -0.2) is 0 Å². The Bertz CT molecular complexity index is 1880. The van der Waals surface area contributed by atoms with Crippen molar-refractivity contribution in [2.75, 3.05) is 0 Å². The SMILES string of the molecule is c1ccc(-c2ccc(C3C4CCCCC4C(c4ccc(-c5ccccc5)cc4)C4C5CCC6C7CCC8CCC9CCC(C%10CCC(C5C%106)C34)C7C98)cc2)cc1. The monoisotopic (exact) mass is 737 g/mol. The molecule has 13 rings (SSSR count). The van der Waals surface area contributed by atoms with Gasteiger partial charge in [0.25, 0.3) is 0 Å². The summed E-state index contributed by atoms with van der Waals surface area (Å²) in [5.41, 5.74) is 8.95. The number of rotatable bonds is 4. The average Bonchev–Trinajstić information content (AvgIpc) is 3.85. The number of hydrogen-bond acceptors (Lipinski definition) is 0. The van der Waals surface area contributed by atoms with Gasteiger partial charge < -0.3 is 0 Å². The van der Waals surface area contributed by atoms with E-state index in [1.54, 1.807) is 75.3 Å². The molecule has 14 unspecified atom stereocenters. The summed E-state index contributed by atoms with van der Waals surface area (Å²) in [4.78, 5) is 0. The van der Waals surface area contributed by atoms with Crippen molar-refractivity contribution in [1.29, 1.82) is 0 Å². The molecule has 0 spiro atoms. The summed E-state index contributed by atoms with van der Waals surface area (Å²) < 4.78 is 0. The fourth-order valence-corrected chi connectivity index (χ4v) is 19.0. The van der Waals surface area contributed by atoms with Gasteiger partial charge in [-0.3, -0.25) is 0 Å². The van der Waals surface area contributed by atoms with E-state index in [2.05, 4.69) is 109 Å². The third-order valence-electron chi connectivity index (χ3n) is 20.2. The predicted octanol–water partition coefficient (Wildman–Crippen LogP) is 14.3. The lowest BCUT2D eigenvalue weighted by atomic mass is 9.40. The van der Waals surface area contributed by atoms with E-state index in [0.29, 0.717) is 0 Å². The molecule has 56 heavy (non-hydrogen) atoms. The van der Waals surface area contributed by atoms with Crippen LogP contribution in [0.5, 0.6) is 0 Å². The normalized spacial score (nSPS) is 45.2. The van der Waals surface area contributed by atoms with E-state index in [-0.39, 0.29) is 0 Å². The van der Waals surface area contributed by atoms with Crippen molar-refractivity contribution in [3.8, 4) is 22.3 Å². The van der Waals surface area contributed by atoms with Gasteiger partial charge in [-0.2, -0.15) is 0 Å². The fourth-order valence-electron chi connectivity index (χ4n) is 19.0. The fraction of sp³-hybridized carbons (Fsp3) is 0.571. The van der Waals surface area contributed by atoms with Gasteiger partial charge in [0.1, 0.15) is 0 Å². The van der Waals surface area contributed by atoms with Crippen molar-refractivity contribution in [2.24, 2.45) is 94.7 Å². The molecule has 0 heteroatoms. The van der Waals surface area contributed by atoms with Gasteiger partial charge in [0.2, 0.25) is 0 Å². The second-order valence-corrected chi connectivity index (χ2v) is 21.5. The molecule has 9 aliphatic carbocycles. The summed E-state index contributed by atoms with van der Waals surface area (Å²) >= 11 is 0. The topological polar surface area (TPSA) is 0 Å². The molecule has 14 atom stereocenters. The quantitative estimate of drug-likeness (QED) is 0.196. The molecule has 0 N–H and O–H groups in total. The first kappa shape index (κ1) is 33.8. The highest BCUT2D eigenvalue weighted by Crippen LogP contribution is 2.77. The minimum absolute atomic E-state index is 0.737. The number of fused-ring (bicyclic) bond motifs is 6. The lowest BCUT2D eigenvalue weighted by Gasteiger charge is -2.65. The molecule has 0 aromatic heterocycles. The first-order valence-electron chi connectivity index (χ1n) is 24.1. The van der Waals surface area contributed by atoms with E-state index >= 15 is 0 Å². The van der Waals surface area contributed by atoms with E-state index < -0.39 is 0 Å². The molecule has 0 heterocycles.